The zero-order valence-electron chi connectivity index (χ0n) is 13.1. The molecule has 0 atom stereocenters. The van der Waals surface area contributed by atoms with E-state index in [0.29, 0.717) is 24.6 Å². The molecule has 0 spiro atoms. The highest BCUT2D eigenvalue weighted by Gasteiger charge is 2.11. The second-order valence-electron chi connectivity index (χ2n) is 4.94. The van der Waals surface area contributed by atoms with E-state index in [1.165, 1.54) is 4.90 Å². The van der Waals surface area contributed by atoms with Crippen LogP contribution in [-0.2, 0) is 6.54 Å². The number of nitrogens with zero attached hydrogens (tertiary/aromatic N) is 2. The van der Waals surface area contributed by atoms with Gasteiger partial charge in [0.15, 0.2) is 5.11 Å². The molecule has 0 fully saturated rings. The van der Waals surface area contributed by atoms with Gasteiger partial charge in [-0.05, 0) is 48.6 Å². The fourth-order valence-corrected chi connectivity index (χ4v) is 3.15. The topological polar surface area (TPSA) is 52.2 Å². The molecule has 0 radical (unpaired) electrons. The van der Waals surface area contributed by atoms with E-state index in [9.17, 15) is 0 Å². The van der Waals surface area contributed by atoms with Crippen molar-refractivity contribution in [1.29, 1.82) is 5.26 Å². The fourth-order valence-electron chi connectivity index (χ4n) is 2.00. The molecule has 1 aromatic heterocycles. The zero-order valence-corrected chi connectivity index (χ0v) is 15.5. The molecule has 0 saturated heterocycles. The van der Waals surface area contributed by atoms with E-state index in [1.54, 1.807) is 18.0 Å². The van der Waals surface area contributed by atoms with Crippen LogP contribution < -0.4 is 5.32 Å². The standard InChI is InChI=1S/C17H18ClN3OS2/c18-14-4-6-16(7-5-14)24-12-9-20-17(23)21(10-2-8-19)13-15-3-1-11-22-15/h1,3-7,11H,2,9-10,12-13H2,(H,20,23). The first kappa shape index (κ1) is 18.7. The minimum Gasteiger partial charge on any atom is -0.467 e. The van der Waals surface area contributed by atoms with E-state index in [4.69, 9.17) is 33.5 Å². The molecule has 1 aromatic carbocycles. The molecule has 0 saturated carbocycles. The van der Waals surface area contributed by atoms with E-state index in [2.05, 4.69) is 11.4 Å². The van der Waals surface area contributed by atoms with Gasteiger partial charge >= 0.3 is 0 Å². The smallest absolute Gasteiger partial charge is 0.169 e. The molecule has 0 amide bonds. The van der Waals surface area contributed by atoms with Gasteiger partial charge in [0.2, 0.25) is 0 Å². The molecular formula is C17H18ClN3OS2. The predicted molar refractivity (Wildman–Crippen MR) is 102 cm³/mol. The lowest BCUT2D eigenvalue weighted by molar-refractivity contribution is 0.363. The SMILES string of the molecule is N#CCCN(Cc1ccco1)C(=S)NCCSc1ccc(Cl)cc1. The first-order chi connectivity index (χ1) is 11.7. The molecule has 126 valence electrons. The van der Waals surface area contributed by atoms with Crippen molar-refractivity contribution in [2.75, 3.05) is 18.8 Å². The molecule has 2 aromatic rings. The zero-order chi connectivity index (χ0) is 17.2. The molecule has 0 bridgehead atoms. The Hall–Kier alpha value is -1.68. The predicted octanol–water partition coefficient (Wildman–Crippen LogP) is 4.32. The third-order valence-electron chi connectivity index (χ3n) is 3.17. The van der Waals surface area contributed by atoms with Crippen LogP contribution >= 0.6 is 35.6 Å². The number of nitrogens with one attached hydrogen (secondary N) is 1. The van der Waals surface area contributed by atoms with E-state index in [1.807, 2.05) is 41.3 Å². The summed E-state index contributed by atoms with van der Waals surface area (Å²) in [6.45, 7) is 1.88. The number of hydrogen-bond acceptors (Lipinski definition) is 4. The molecule has 24 heavy (non-hydrogen) atoms. The van der Waals surface area contributed by atoms with Gasteiger partial charge in [-0.2, -0.15) is 5.26 Å². The van der Waals surface area contributed by atoms with Crippen molar-refractivity contribution >= 4 is 40.7 Å². The molecule has 0 aliphatic rings. The number of nitriles is 1. The van der Waals surface area contributed by atoms with Crippen molar-refractivity contribution in [2.45, 2.75) is 17.9 Å². The summed E-state index contributed by atoms with van der Waals surface area (Å²) in [4.78, 5) is 3.12. The van der Waals surface area contributed by atoms with Gasteiger partial charge in [0.25, 0.3) is 0 Å². The summed E-state index contributed by atoms with van der Waals surface area (Å²) in [5, 5.41) is 13.4. The van der Waals surface area contributed by atoms with E-state index >= 15 is 0 Å². The molecule has 0 aliphatic carbocycles. The van der Waals surface area contributed by atoms with Crippen LogP contribution in [0.5, 0.6) is 0 Å². The molecule has 4 nitrogen and oxygen atoms in total. The molecule has 7 heteroatoms. The highest BCUT2D eigenvalue weighted by molar-refractivity contribution is 7.99. The van der Waals surface area contributed by atoms with Crippen LogP contribution in [0.1, 0.15) is 12.2 Å². The van der Waals surface area contributed by atoms with Gasteiger partial charge in [-0.15, -0.1) is 11.8 Å². The Balaban J connectivity index is 1.76. The number of furan rings is 1. The number of rotatable bonds is 8. The van der Waals surface area contributed by atoms with Gasteiger partial charge in [0.1, 0.15) is 5.76 Å². The Morgan fingerprint density at radius 1 is 1.33 bits per heavy atom. The van der Waals surface area contributed by atoms with Gasteiger partial charge in [-0.25, -0.2) is 0 Å². The molecule has 0 unspecified atom stereocenters. The lowest BCUT2D eigenvalue weighted by Crippen LogP contribution is -2.40. The van der Waals surface area contributed by atoms with Gasteiger partial charge in [-0.3, -0.25) is 0 Å². The maximum Gasteiger partial charge on any atom is 0.169 e. The van der Waals surface area contributed by atoms with E-state index in [-0.39, 0.29) is 0 Å². The quantitative estimate of drug-likeness (QED) is 0.419. The number of halogens is 1. The van der Waals surface area contributed by atoms with Crippen molar-refractivity contribution < 1.29 is 4.42 Å². The van der Waals surface area contributed by atoms with E-state index < -0.39 is 0 Å². The van der Waals surface area contributed by atoms with Crippen molar-refractivity contribution in [1.82, 2.24) is 10.2 Å². The highest BCUT2D eigenvalue weighted by atomic mass is 35.5. The first-order valence-electron chi connectivity index (χ1n) is 7.49. The lowest BCUT2D eigenvalue weighted by Gasteiger charge is -2.24. The van der Waals surface area contributed by atoms with Crippen LogP contribution in [0.25, 0.3) is 0 Å². The van der Waals surface area contributed by atoms with Crippen LogP contribution in [0.3, 0.4) is 0 Å². The van der Waals surface area contributed by atoms with Crippen molar-refractivity contribution in [3.63, 3.8) is 0 Å². The number of benzene rings is 1. The minimum atomic E-state index is 0.419. The fraction of sp³-hybridized carbons (Fsp3) is 0.294. The van der Waals surface area contributed by atoms with Gasteiger partial charge < -0.3 is 14.6 Å². The first-order valence-corrected chi connectivity index (χ1v) is 9.26. The summed E-state index contributed by atoms with van der Waals surface area (Å²) in [7, 11) is 0. The lowest BCUT2D eigenvalue weighted by atomic mass is 10.3. The maximum atomic E-state index is 8.81. The summed E-state index contributed by atoms with van der Waals surface area (Å²) >= 11 is 13.1. The van der Waals surface area contributed by atoms with Gasteiger partial charge in [-0.1, -0.05) is 11.6 Å². The third kappa shape index (κ3) is 6.44. The van der Waals surface area contributed by atoms with Gasteiger partial charge in [0, 0.05) is 28.8 Å². The Morgan fingerprint density at radius 3 is 2.79 bits per heavy atom. The summed E-state index contributed by atoms with van der Waals surface area (Å²) in [6, 6.07) is 13.7. The Labute approximate surface area is 156 Å². The number of hydrogen-bond donors (Lipinski definition) is 1. The monoisotopic (exact) mass is 379 g/mol. The summed E-state index contributed by atoms with van der Waals surface area (Å²) in [6.07, 6.45) is 2.05. The summed E-state index contributed by atoms with van der Waals surface area (Å²) in [5.41, 5.74) is 0. The van der Waals surface area contributed by atoms with E-state index in [0.717, 1.165) is 23.1 Å². The van der Waals surface area contributed by atoms with Crippen LogP contribution in [0.4, 0.5) is 0 Å². The molecule has 0 aliphatic heterocycles. The minimum absolute atomic E-state index is 0.419. The molecule has 1 heterocycles. The summed E-state index contributed by atoms with van der Waals surface area (Å²) < 4.78 is 5.36. The van der Waals surface area contributed by atoms with Crippen molar-refractivity contribution in [3.05, 3.63) is 53.4 Å². The second-order valence-corrected chi connectivity index (χ2v) is 6.93. The Morgan fingerprint density at radius 2 is 2.12 bits per heavy atom. The molecule has 2 rings (SSSR count). The van der Waals surface area contributed by atoms with Crippen LogP contribution in [0.2, 0.25) is 5.02 Å². The number of thioether (sulfide) groups is 1. The maximum absolute atomic E-state index is 8.81. The van der Waals surface area contributed by atoms with Crippen LogP contribution in [-0.4, -0.2) is 28.9 Å². The van der Waals surface area contributed by atoms with Crippen LogP contribution in [0.15, 0.2) is 52.0 Å². The van der Waals surface area contributed by atoms with Crippen molar-refractivity contribution in [3.8, 4) is 6.07 Å². The average Bonchev–Trinajstić information content (AvgIpc) is 3.10. The van der Waals surface area contributed by atoms with Crippen molar-refractivity contribution in [2.24, 2.45) is 0 Å². The van der Waals surface area contributed by atoms with Gasteiger partial charge in [0.05, 0.1) is 25.3 Å². The average molecular weight is 380 g/mol. The Kier molecular flexibility index (Phi) is 7.96. The second kappa shape index (κ2) is 10.2. The normalized spacial score (nSPS) is 10.2. The molecule has 1 N–H and O–H groups in total. The molecular weight excluding hydrogens is 362 g/mol. The van der Waals surface area contributed by atoms with Crippen LogP contribution in [0, 0.1) is 11.3 Å². The summed E-state index contributed by atoms with van der Waals surface area (Å²) in [5.74, 6) is 1.71. The third-order valence-corrected chi connectivity index (χ3v) is 4.84. The highest BCUT2D eigenvalue weighted by Crippen LogP contribution is 2.19. The largest absolute Gasteiger partial charge is 0.467 e. The Bertz CT molecular complexity index is 668. The number of thiocarbonyl (C=S) groups is 1.